The van der Waals surface area contributed by atoms with Gasteiger partial charge in [0, 0.05) is 17.9 Å². The van der Waals surface area contributed by atoms with Crippen LogP contribution in [0.1, 0.15) is 34.7 Å². The molecule has 0 aliphatic heterocycles. The van der Waals surface area contributed by atoms with Crippen LogP contribution >= 0.6 is 0 Å². The van der Waals surface area contributed by atoms with E-state index in [-0.39, 0.29) is 11.6 Å². The third-order valence-electron chi connectivity index (χ3n) is 4.20. The van der Waals surface area contributed by atoms with Gasteiger partial charge in [-0.2, -0.15) is 0 Å². The molecule has 0 radical (unpaired) electrons. The highest BCUT2D eigenvalue weighted by atomic mass is 16.5. The number of esters is 1. The topological polar surface area (TPSA) is 84.4 Å². The van der Waals surface area contributed by atoms with Crippen molar-refractivity contribution in [3.8, 4) is 0 Å². The largest absolute Gasteiger partial charge is 0.462 e. The van der Waals surface area contributed by atoms with Gasteiger partial charge in [-0.3, -0.25) is 4.79 Å². The van der Waals surface area contributed by atoms with E-state index in [0.717, 1.165) is 12.2 Å². The van der Waals surface area contributed by atoms with E-state index in [9.17, 15) is 9.59 Å². The number of carbonyl (C=O) groups is 2. The summed E-state index contributed by atoms with van der Waals surface area (Å²) in [5, 5.41) is 11.0. The van der Waals surface area contributed by atoms with Crippen LogP contribution in [0.15, 0.2) is 66.7 Å². The number of amides is 1. The third kappa shape index (κ3) is 4.95. The van der Waals surface area contributed by atoms with E-state index >= 15 is 0 Å². The summed E-state index contributed by atoms with van der Waals surface area (Å²) in [7, 11) is 0. The van der Waals surface area contributed by atoms with Gasteiger partial charge in [-0.05, 0) is 62.4 Å². The number of benzene rings is 2. The van der Waals surface area contributed by atoms with Crippen molar-refractivity contribution >= 4 is 29.1 Å². The van der Waals surface area contributed by atoms with Crippen molar-refractivity contribution in [1.82, 2.24) is 10.2 Å². The van der Waals surface area contributed by atoms with Gasteiger partial charge in [-0.15, -0.1) is 10.2 Å². The summed E-state index contributed by atoms with van der Waals surface area (Å²) >= 11 is 0. The van der Waals surface area contributed by atoms with Crippen molar-refractivity contribution < 1.29 is 14.3 Å². The molecule has 1 amide bonds. The van der Waals surface area contributed by atoms with Gasteiger partial charge in [0.1, 0.15) is 0 Å². The van der Waals surface area contributed by atoms with E-state index < -0.39 is 5.97 Å². The van der Waals surface area contributed by atoms with E-state index in [1.807, 2.05) is 42.2 Å². The van der Waals surface area contributed by atoms with E-state index in [1.54, 1.807) is 43.3 Å². The van der Waals surface area contributed by atoms with Crippen molar-refractivity contribution in [3.63, 3.8) is 0 Å². The summed E-state index contributed by atoms with van der Waals surface area (Å²) in [5.41, 5.74) is 2.18. The molecule has 1 aromatic heterocycles. The normalized spacial score (nSPS) is 10.3. The Morgan fingerprint density at radius 1 is 0.931 bits per heavy atom. The molecule has 0 atom stereocenters. The van der Waals surface area contributed by atoms with Gasteiger partial charge in [0.15, 0.2) is 11.5 Å². The molecule has 3 rings (SSSR count). The van der Waals surface area contributed by atoms with E-state index in [0.29, 0.717) is 23.7 Å². The maximum atomic E-state index is 12.4. The zero-order valence-electron chi connectivity index (χ0n) is 16.3. The monoisotopic (exact) mass is 390 g/mol. The lowest BCUT2D eigenvalue weighted by atomic mass is 10.2. The second-order valence-corrected chi connectivity index (χ2v) is 6.11. The highest BCUT2D eigenvalue weighted by Crippen LogP contribution is 2.22. The first kappa shape index (κ1) is 20.0. The molecule has 1 N–H and O–H groups in total. The van der Waals surface area contributed by atoms with Gasteiger partial charge in [-0.25, -0.2) is 4.79 Å². The lowest BCUT2D eigenvalue weighted by Gasteiger charge is -2.21. The summed E-state index contributed by atoms with van der Waals surface area (Å²) in [4.78, 5) is 26.1. The molecule has 2 aromatic carbocycles. The first-order valence-corrected chi connectivity index (χ1v) is 9.37. The van der Waals surface area contributed by atoms with Gasteiger partial charge < -0.3 is 15.0 Å². The minimum absolute atomic E-state index is 0.201. The number of anilines is 3. The van der Waals surface area contributed by atoms with Crippen molar-refractivity contribution in [1.29, 1.82) is 0 Å². The number of aromatic nitrogens is 2. The minimum atomic E-state index is -0.397. The van der Waals surface area contributed by atoms with Gasteiger partial charge in [0.05, 0.1) is 12.2 Å². The van der Waals surface area contributed by atoms with Gasteiger partial charge >= 0.3 is 5.97 Å². The number of ether oxygens (including phenoxy) is 1. The maximum Gasteiger partial charge on any atom is 0.338 e. The van der Waals surface area contributed by atoms with Gasteiger partial charge in [0.25, 0.3) is 5.91 Å². The Morgan fingerprint density at radius 3 is 2.24 bits per heavy atom. The quantitative estimate of drug-likeness (QED) is 0.613. The van der Waals surface area contributed by atoms with Crippen LogP contribution in [-0.4, -0.2) is 35.2 Å². The molecule has 0 bridgehead atoms. The number of hydrogen-bond acceptors (Lipinski definition) is 6. The molecule has 0 fully saturated rings. The lowest BCUT2D eigenvalue weighted by Crippen LogP contribution is -2.19. The van der Waals surface area contributed by atoms with E-state index in [1.165, 1.54) is 0 Å². The van der Waals surface area contributed by atoms with Crippen molar-refractivity contribution in [3.05, 3.63) is 78.0 Å². The van der Waals surface area contributed by atoms with Crippen LogP contribution in [0.4, 0.5) is 17.2 Å². The molecule has 29 heavy (non-hydrogen) atoms. The Morgan fingerprint density at radius 2 is 1.66 bits per heavy atom. The Balaban J connectivity index is 1.68. The number of rotatable bonds is 7. The molecule has 7 nitrogen and oxygen atoms in total. The van der Waals surface area contributed by atoms with Crippen molar-refractivity contribution in [2.45, 2.75) is 13.8 Å². The summed E-state index contributed by atoms with van der Waals surface area (Å²) in [6.45, 7) is 4.80. The Kier molecular flexibility index (Phi) is 6.52. The molecule has 0 unspecified atom stereocenters. The van der Waals surface area contributed by atoms with Crippen LogP contribution in [0.25, 0.3) is 0 Å². The Hall–Kier alpha value is -3.74. The Bertz CT molecular complexity index is 958. The molecule has 0 aliphatic rings. The summed E-state index contributed by atoms with van der Waals surface area (Å²) < 4.78 is 4.94. The predicted molar refractivity (Wildman–Crippen MR) is 112 cm³/mol. The number of carbonyl (C=O) groups excluding carboxylic acids is 2. The smallest absolute Gasteiger partial charge is 0.338 e. The van der Waals surface area contributed by atoms with Crippen molar-refractivity contribution in [2.75, 3.05) is 23.4 Å². The minimum Gasteiger partial charge on any atom is -0.462 e. The fourth-order valence-corrected chi connectivity index (χ4v) is 2.77. The number of nitrogens with zero attached hydrogens (tertiary/aromatic N) is 3. The second kappa shape index (κ2) is 9.45. The summed E-state index contributed by atoms with van der Waals surface area (Å²) in [6.07, 6.45) is 0. The Labute approximate surface area is 169 Å². The SMILES string of the molecule is CCOC(=O)c1ccc(NC(=O)c2ccc(N(CC)c3ccccc3)nn2)cc1. The predicted octanol–water partition coefficient (Wildman–Crippen LogP) is 4.06. The van der Waals surface area contributed by atoms with Crippen LogP contribution in [0, 0.1) is 0 Å². The van der Waals surface area contributed by atoms with Crippen molar-refractivity contribution in [2.24, 2.45) is 0 Å². The fraction of sp³-hybridized carbons (Fsp3) is 0.182. The molecular weight excluding hydrogens is 368 g/mol. The van der Waals surface area contributed by atoms with Gasteiger partial charge in [-0.1, -0.05) is 18.2 Å². The molecule has 3 aromatic rings. The molecule has 148 valence electrons. The van der Waals surface area contributed by atoms with Crippen LogP contribution in [0.2, 0.25) is 0 Å². The molecule has 0 aliphatic carbocycles. The summed E-state index contributed by atoms with van der Waals surface area (Å²) in [6, 6.07) is 19.7. The third-order valence-corrected chi connectivity index (χ3v) is 4.20. The van der Waals surface area contributed by atoms with E-state index in [2.05, 4.69) is 15.5 Å². The first-order valence-electron chi connectivity index (χ1n) is 9.37. The maximum absolute atomic E-state index is 12.4. The summed E-state index contributed by atoms with van der Waals surface area (Å²) in [5.74, 6) is -0.115. The molecular formula is C22H22N4O3. The lowest BCUT2D eigenvalue weighted by molar-refractivity contribution is 0.0526. The molecule has 1 heterocycles. The van der Waals surface area contributed by atoms with E-state index in [4.69, 9.17) is 4.74 Å². The van der Waals surface area contributed by atoms with Gasteiger partial charge in [0.2, 0.25) is 0 Å². The highest BCUT2D eigenvalue weighted by Gasteiger charge is 2.13. The molecule has 0 saturated carbocycles. The van der Waals surface area contributed by atoms with Crippen LogP contribution in [0.5, 0.6) is 0 Å². The van der Waals surface area contributed by atoms with Crippen LogP contribution in [0.3, 0.4) is 0 Å². The molecule has 0 saturated heterocycles. The zero-order valence-corrected chi connectivity index (χ0v) is 16.3. The average molecular weight is 390 g/mol. The fourth-order valence-electron chi connectivity index (χ4n) is 2.77. The molecule has 0 spiro atoms. The zero-order chi connectivity index (χ0) is 20.6. The second-order valence-electron chi connectivity index (χ2n) is 6.11. The standard InChI is InChI=1S/C22H22N4O3/c1-3-26(18-8-6-5-7-9-18)20-15-14-19(24-25-20)21(27)23-17-12-10-16(11-13-17)22(28)29-4-2/h5-15H,3-4H2,1-2H3,(H,23,27). The number of hydrogen-bond donors (Lipinski definition) is 1. The van der Waals surface area contributed by atoms with Crippen LogP contribution < -0.4 is 10.2 Å². The average Bonchev–Trinajstić information content (AvgIpc) is 2.76. The first-order chi connectivity index (χ1) is 14.1. The number of nitrogens with one attached hydrogen (secondary N) is 1. The highest BCUT2D eigenvalue weighted by molar-refractivity contribution is 6.03. The van der Waals surface area contributed by atoms with Crippen LogP contribution in [-0.2, 0) is 4.74 Å². The number of para-hydroxylation sites is 1. The molecule has 7 heteroatoms.